The number of benzene rings is 3. The van der Waals surface area contributed by atoms with Gasteiger partial charge in [0, 0.05) is 49.6 Å². The molecule has 6 rings (SSSR count). The summed E-state index contributed by atoms with van der Waals surface area (Å²) in [7, 11) is 0. The molecule has 2 heterocycles. The van der Waals surface area contributed by atoms with Gasteiger partial charge in [0.25, 0.3) is 0 Å². The van der Waals surface area contributed by atoms with Crippen LogP contribution >= 0.6 is 0 Å². The molecule has 5 heteroatoms. The van der Waals surface area contributed by atoms with Crippen LogP contribution in [0, 0.1) is 30.7 Å². The van der Waals surface area contributed by atoms with E-state index in [2.05, 4.69) is 83.1 Å². The van der Waals surface area contributed by atoms with Gasteiger partial charge in [-0.25, -0.2) is 0 Å². The van der Waals surface area contributed by atoms with Crippen LogP contribution in [0.3, 0.4) is 0 Å². The van der Waals surface area contributed by atoms with Gasteiger partial charge in [-0.05, 0) is 76.6 Å². The number of carbonyl (C=O) groups excluding carboxylic acids is 1. The molecule has 0 atom stereocenters. The molecule has 3 aromatic carbocycles. The van der Waals surface area contributed by atoms with Gasteiger partial charge < -0.3 is 14.5 Å². The molecular formula is C42H50IrNO3-. The van der Waals surface area contributed by atoms with E-state index in [1.807, 2.05) is 33.9 Å². The summed E-state index contributed by atoms with van der Waals surface area (Å²) in [5.41, 5.74) is 8.87. The second kappa shape index (κ2) is 14.9. The zero-order valence-corrected chi connectivity index (χ0v) is 31.9. The minimum Gasteiger partial charge on any atom is -0.512 e. The monoisotopic (exact) mass is 809 g/mol. The van der Waals surface area contributed by atoms with Crippen molar-refractivity contribution in [2.45, 2.75) is 99.8 Å². The van der Waals surface area contributed by atoms with Crippen molar-refractivity contribution in [3.05, 3.63) is 88.8 Å². The number of hydrogen-bond donors (Lipinski definition) is 1. The number of allylic oxidation sites excluding steroid dienone is 2. The summed E-state index contributed by atoms with van der Waals surface area (Å²) in [6, 6.07) is 18.9. The van der Waals surface area contributed by atoms with E-state index in [1.165, 1.54) is 44.3 Å². The molecule has 0 saturated heterocycles. The summed E-state index contributed by atoms with van der Waals surface area (Å²) in [4.78, 5) is 16.7. The van der Waals surface area contributed by atoms with Gasteiger partial charge in [0.1, 0.15) is 5.58 Å². The third-order valence-electron chi connectivity index (χ3n) is 10.0. The second-order valence-corrected chi connectivity index (χ2v) is 13.9. The van der Waals surface area contributed by atoms with Gasteiger partial charge in [-0.1, -0.05) is 110 Å². The standard InChI is InChI=1S/C29H26NO.C13H24O2.Ir/c1-16(2)14-18-11-13-22-24-23-21(12-10-17(3)27(23)31-28(18)24)26-25(29(22,4)5)20-9-7-6-8-19(20)15-30-26;1-5-10(6-2)12(14)9-13(15)11(7-3)8-4;/h6-11,13,15-16H,14H2,1-5H3;9-11,14H,5-8H2,1-4H3;/q-1;;/b;12-9-;. The maximum Gasteiger partial charge on any atom is 0.162 e. The Morgan fingerprint density at radius 1 is 0.957 bits per heavy atom. The van der Waals surface area contributed by atoms with Crippen molar-refractivity contribution < 1.29 is 34.4 Å². The van der Waals surface area contributed by atoms with Crippen LogP contribution in [-0.4, -0.2) is 15.9 Å². The topological polar surface area (TPSA) is 63.3 Å². The number of aryl methyl sites for hydroxylation is 1. The molecule has 0 unspecified atom stereocenters. The van der Waals surface area contributed by atoms with E-state index >= 15 is 0 Å². The van der Waals surface area contributed by atoms with Crippen molar-refractivity contribution in [1.82, 2.24) is 4.98 Å². The number of ketones is 1. The first-order valence-electron chi connectivity index (χ1n) is 17.2. The van der Waals surface area contributed by atoms with Crippen molar-refractivity contribution in [1.29, 1.82) is 0 Å². The smallest absolute Gasteiger partial charge is 0.162 e. The predicted octanol–water partition coefficient (Wildman–Crippen LogP) is 11.6. The molecule has 251 valence electrons. The summed E-state index contributed by atoms with van der Waals surface area (Å²) >= 11 is 0. The number of pyridine rings is 1. The third-order valence-corrected chi connectivity index (χ3v) is 10.0. The van der Waals surface area contributed by atoms with Gasteiger partial charge in [-0.3, -0.25) is 4.79 Å². The Bertz CT molecular complexity index is 1920. The van der Waals surface area contributed by atoms with Crippen LogP contribution < -0.4 is 0 Å². The molecule has 1 N–H and O–H groups in total. The summed E-state index contributed by atoms with van der Waals surface area (Å²) in [5.74, 6) is 1.11. The van der Waals surface area contributed by atoms with Crippen molar-refractivity contribution >= 4 is 38.5 Å². The number of nitrogens with zero attached hydrogens (tertiary/aromatic N) is 1. The van der Waals surface area contributed by atoms with Crippen molar-refractivity contribution in [3.8, 4) is 11.3 Å². The average molecular weight is 809 g/mol. The molecule has 0 amide bonds. The molecule has 5 aromatic rings. The minimum absolute atomic E-state index is 0. The van der Waals surface area contributed by atoms with Crippen LogP contribution in [0.2, 0.25) is 0 Å². The summed E-state index contributed by atoms with van der Waals surface area (Å²) in [6.07, 6.45) is 7.91. The van der Waals surface area contributed by atoms with Crippen LogP contribution in [0.25, 0.3) is 44.0 Å². The number of furan rings is 1. The normalized spacial score (nSPS) is 13.7. The molecule has 47 heavy (non-hydrogen) atoms. The Kier molecular flexibility index (Phi) is 11.6. The summed E-state index contributed by atoms with van der Waals surface area (Å²) in [6.45, 7) is 19.4. The van der Waals surface area contributed by atoms with Crippen LogP contribution in [-0.2, 0) is 36.7 Å². The molecule has 1 aliphatic carbocycles. The summed E-state index contributed by atoms with van der Waals surface area (Å²) < 4.78 is 6.62. The SMILES string of the molecule is CCC(CC)C(=O)/C=C(\O)C(CC)CC.Cc1c[c-]c2c3c1oc1c(CC(C)C)ccc(c13)C(C)(C)c1c-2ncc2ccccc12.[Ir]. The second-order valence-electron chi connectivity index (χ2n) is 13.9. The van der Waals surface area contributed by atoms with Crippen LogP contribution in [0.15, 0.2) is 64.9 Å². The first-order chi connectivity index (χ1) is 22.0. The van der Waals surface area contributed by atoms with E-state index in [1.54, 1.807) is 0 Å². The number of aliphatic hydroxyl groups excluding tert-OH is 1. The van der Waals surface area contributed by atoms with Gasteiger partial charge in [0.2, 0.25) is 0 Å². The van der Waals surface area contributed by atoms with Gasteiger partial charge in [0.05, 0.1) is 11.3 Å². The maximum absolute atomic E-state index is 11.7. The number of carbonyl (C=O) groups is 1. The van der Waals surface area contributed by atoms with Crippen molar-refractivity contribution in [2.75, 3.05) is 0 Å². The number of aliphatic hydroxyl groups is 1. The predicted molar refractivity (Wildman–Crippen MR) is 193 cm³/mol. The first kappa shape index (κ1) is 36.6. The third kappa shape index (κ3) is 6.72. The molecule has 0 saturated carbocycles. The zero-order chi connectivity index (χ0) is 33.3. The van der Waals surface area contributed by atoms with E-state index in [0.717, 1.165) is 60.1 Å². The molecule has 2 aromatic heterocycles. The fourth-order valence-corrected chi connectivity index (χ4v) is 7.30. The van der Waals surface area contributed by atoms with Crippen LogP contribution in [0.5, 0.6) is 0 Å². The van der Waals surface area contributed by atoms with E-state index in [-0.39, 0.29) is 48.9 Å². The van der Waals surface area contributed by atoms with Gasteiger partial charge in [-0.15, -0.1) is 17.7 Å². The van der Waals surface area contributed by atoms with Crippen molar-refractivity contribution in [3.63, 3.8) is 0 Å². The molecule has 1 radical (unpaired) electrons. The Morgan fingerprint density at radius 2 is 1.62 bits per heavy atom. The molecular weight excluding hydrogens is 759 g/mol. The van der Waals surface area contributed by atoms with Gasteiger partial charge in [-0.2, -0.15) is 0 Å². The number of fused-ring (bicyclic) bond motifs is 4. The molecule has 0 spiro atoms. The Morgan fingerprint density at radius 3 is 2.26 bits per heavy atom. The van der Waals surface area contributed by atoms with Gasteiger partial charge in [0.15, 0.2) is 5.78 Å². The summed E-state index contributed by atoms with van der Waals surface area (Å²) in [5, 5.41) is 14.6. The Hall–Kier alpha value is -3.27. The number of rotatable bonds is 9. The molecule has 4 nitrogen and oxygen atoms in total. The van der Waals surface area contributed by atoms with Gasteiger partial charge >= 0.3 is 0 Å². The van der Waals surface area contributed by atoms with Crippen LogP contribution in [0.4, 0.5) is 0 Å². The van der Waals surface area contributed by atoms with Crippen molar-refractivity contribution in [2.24, 2.45) is 17.8 Å². The quantitative estimate of drug-likeness (QED) is 0.0915. The minimum atomic E-state index is -0.227. The van der Waals surface area contributed by atoms with Crippen LogP contribution in [0.1, 0.15) is 103 Å². The number of hydrogen-bond acceptors (Lipinski definition) is 4. The van der Waals surface area contributed by atoms with E-state index in [0.29, 0.717) is 5.92 Å². The average Bonchev–Trinajstić information content (AvgIpc) is 3.40. The maximum atomic E-state index is 11.7. The molecule has 1 aliphatic rings. The van der Waals surface area contributed by atoms with E-state index in [4.69, 9.17) is 9.40 Å². The molecule has 0 bridgehead atoms. The number of aromatic nitrogens is 1. The zero-order valence-electron chi connectivity index (χ0n) is 29.5. The molecule has 0 fully saturated rings. The fraction of sp³-hybridized carbons (Fsp3) is 0.429. The Balaban J connectivity index is 0.000000269. The first-order valence-corrected chi connectivity index (χ1v) is 17.2. The van der Waals surface area contributed by atoms with E-state index < -0.39 is 0 Å². The largest absolute Gasteiger partial charge is 0.512 e. The molecule has 0 aliphatic heterocycles. The van der Waals surface area contributed by atoms with E-state index in [9.17, 15) is 9.90 Å². The fourth-order valence-electron chi connectivity index (χ4n) is 7.30. The Labute approximate surface area is 294 Å².